The summed E-state index contributed by atoms with van der Waals surface area (Å²) in [7, 11) is 0. The Bertz CT molecular complexity index is 556. The predicted molar refractivity (Wildman–Crippen MR) is 103 cm³/mol. The van der Waals surface area contributed by atoms with E-state index in [9.17, 15) is 4.79 Å². The van der Waals surface area contributed by atoms with Crippen molar-refractivity contribution in [3.63, 3.8) is 0 Å². The monoisotopic (exact) mass is 360 g/mol. The van der Waals surface area contributed by atoms with Crippen molar-refractivity contribution in [2.75, 3.05) is 13.2 Å². The first-order valence-corrected chi connectivity index (χ1v) is 9.81. The lowest BCUT2D eigenvalue weighted by Crippen LogP contribution is -2.27. The molecular weight excluding hydrogens is 328 g/mol. The van der Waals surface area contributed by atoms with Gasteiger partial charge in [-0.25, -0.2) is 4.79 Å². The van der Waals surface area contributed by atoms with Crippen LogP contribution in [0.25, 0.3) is 0 Å². The minimum atomic E-state index is -0.416. The summed E-state index contributed by atoms with van der Waals surface area (Å²) in [4.78, 5) is 11.5. The molecule has 1 heterocycles. The Hall–Kier alpha value is -1.65. The molecule has 26 heavy (non-hydrogen) atoms. The summed E-state index contributed by atoms with van der Waals surface area (Å²) >= 11 is 0. The van der Waals surface area contributed by atoms with Gasteiger partial charge in [-0.15, -0.1) is 0 Å². The SMILES string of the molecule is C=C(C)C(=O)Oc1ccc(C2OCC(CCCCCCCC)CO2)cc1. The number of rotatable bonds is 10. The van der Waals surface area contributed by atoms with E-state index in [1.807, 2.05) is 12.1 Å². The molecule has 2 rings (SSSR count). The van der Waals surface area contributed by atoms with E-state index < -0.39 is 5.97 Å². The second kappa shape index (κ2) is 11.1. The number of hydrogen-bond acceptors (Lipinski definition) is 4. The molecular formula is C22H32O4. The van der Waals surface area contributed by atoms with Gasteiger partial charge in [0, 0.05) is 17.1 Å². The number of hydrogen-bond donors (Lipinski definition) is 0. The Morgan fingerprint density at radius 3 is 2.31 bits per heavy atom. The van der Waals surface area contributed by atoms with Gasteiger partial charge in [-0.3, -0.25) is 0 Å². The van der Waals surface area contributed by atoms with Gasteiger partial charge >= 0.3 is 5.97 Å². The van der Waals surface area contributed by atoms with Gasteiger partial charge in [0.1, 0.15) is 5.75 Å². The average Bonchev–Trinajstić information content (AvgIpc) is 2.65. The molecule has 4 nitrogen and oxygen atoms in total. The molecule has 1 fully saturated rings. The largest absolute Gasteiger partial charge is 0.423 e. The fraction of sp³-hybridized carbons (Fsp3) is 0.591. The molecule has 0 aromatic heterocycles. The molecule has 144 valence electrons. The summed E-state index contributed by atoms with van der Waals surface area (Å²) in [5, 5.41) is 0. The summed E-state index contributed by atoms with van der Waals surface area (Å²) in [6.07, 6.45) is 8.75. The summed E-state index contributed by atoms with van der Waals surface area (Å²) in [5.41, 5.74) is 1.32. The van der Waals surface area contributed by atoms with Crippen molar-refractivity contribution in [2.24, 2.45) is 5.92 Å². The van der Waals surface area contributed by atoms with Crippen LogP contribution in [0.15, 0.2) is 36.4 Å². The molecule has 0 amide bonds. The van der Waals surface area contributed by atoms with Crippen molar-refractivity contribution in [2.45, 2.75) is 65.1 Å². The number of esters is 1. The predicted octanol–water partition coefficient (Wildman–Crippen LogP) is 5.58. The molecule has 0 aliphatic carbocycles. The van der Waals surface area contributed by atoms with Crippen LogP contribution in [0.1, 0.15) is 70.6 Å². The second-order valence-electron chi connectivity index (χ2n) is 7.16. The van der Waals surface area contributed by atoms with Crippen LogP contribution >= 0.6 is 0 Å². The minimum absolute atomic E-state index is 0.332. The van der Waals surface area contributed by atoms with E-state index in [0.29, 0.717) is 17.2 Å². The topological polar surface area (TPSA) is 44.8 Å². The van der Waals surface area contributed by atoms with Gasteiger partial charge in [-0.2, -0.15) is 0 Å². The highest BCUT2D eigenvalue weighted by molar-refractivity contribution is 5.88. The molecule has 0 spiro atoms. The van der Waals surface area contributed by atoms with Gasteiger partial charge < -0.3 is 14.2 Å². The van der Waals surface area contributed by atoms with E-state index in [0.717, 1.165) is 18.8 Å². The van der Waals surface area contributed by atoms with Gasteiger partial charge in [0.15, 0.2) is 6.29 Å². The zero-order valence-electron chi connectivity index (χ0n) is 16.2. The first kappa shape index (κ1) is 20.7. The van der Waals surface area contributed by atoms with Crippen LogP contribution in [0.4, 0.5) is 0 Å². The van der Waals surface area contributed by atoms with E-state index in [2.05, 4.69) is 13.5 Å². The first-order chi connectivity index (χ1) is 12.6. The molecule has 1 saturated heterocycles. The Balaban J connectivity index is 1.69. The fourth-order valence-corrected chi connectivity index (χ4v) is 3.00. The summed E-state index contributed by atoms with van der Waals surface area (Å²) in [5.74, 6) is 0.576. The average molecular weight is 360 g/mol. The first-order valence-electron chi connectivity index (χ1n) is 9.81. The fourth-order valence-electron chi connectivity index (χ4n) is 3.00. The van der Waals surface area contributed by atoms with Crippen LogP contribution in [-0.4, -0.2) is 19.2 Å². The quantitative estimate of drug-likeness (QED) is 0.236. The van der Waals surface area contributed by atoms with Gasteiger partial charge in [-0.1, -0.05) is 64.2 Å². The molecule has 0 radical (unpaired) electrons. The molecule has 1 aromatic carbocycles. The number of benzene rings is 1. The van der Waals surface area contributed by atoms with E-state index in [1.165, 1.54) is 44.9 Å². The van der Waals surface area contributed by atoms with Crippen molar-refractivity contribution in [1.29, 1.82) is 0 Å². The van der Waals surface area contributed by atoms with Crippen LogP contribution in [-0.2, 0) is 14.3 Å². The minimum Gasteiger partial charge on any atom is -0.423 e. The highest BCUT2D eigenvalue weighted by Gasteiger charge is 2.23. The van der Waals surface area contributed by atoms with Gasteiger partial charge in [-0.05, 0) is 25.5 Å². The lowest BCUT2D eigenvalue weighted by Gasteiger charge is -2.29. The molecule has 1 aromatic rings. The number of unbranched alkanes of at least 4 members (excludes halogenated alkanes) is 5. The van der Waals surface area contributed by atoms with Crippen molar-refractivity contribution < 1.29 is 19.0 Å². The highest BCUT2D eigenvalue weighted by Crippen LogP contribution is 2.28. The van der Waals surface area contributed by atoms with E-state index in [1.54, 1.807) is 19.1 Å². The third-order valence-corrected chi connectivity index (χ3v) is 4.64. The van der Waals surface area contributed by atoms with Crippen molar-refractivity contribution in [3.05, 3.63) is 42.0 Å². The zero-order valence-corrected chi connectivity index (χ0v) is 16.2. The van der Waals surface area contributed by atoms with E-state index in [4.69, 9.17) is 14.2 Å². The maximum atomic E-state index is 11.5. The zero-order chi connectivity index (χ0) is 18.8. The van der Waals surface area contributed by atoms with Crippen LogP contribution in [0.2, 0.25) is 0 Å². The van der Waals surface area contributed by atoms with E-state index in [-0.39, 0.29) is 6.29 Å². The standard InChI is InChI=1S/C22H32O4/c1-4-5-6-7-8-9-10-18-15-24-22(25-16-18)19-11-13-20(14-12-19)26-21(23)17(2)3/h11-14,18,22H,2,4-10,15-16H2,1,3H3. The van der Waals surface area contributed by atoms with Crippen molar-refractivity contribution >= 4 is 5.97 Å². The Morgan fingerprint density at radius 1 is 1.08 bits per heavy atom. The Kier molecular flexibility index (Phi) is 8.86. The second-order valence-corrected chi connectivity index (χ2v) is 7.16. The highest BCUT2D eigenvalue weighted by atomic mass is 16.7. The van der Waals surface area contributed by atoms with Crippen molar-refractivity contribution in [1.82, 2.24) is 0 Å². The van der Waals surface area contributed by atoms with Crippen LogP contribution < -0.4 is 4.74 Å². The Labute approximate surface area is 157 Å². The van der Waals surface area contributed by atoms with Gasteiger partial charge in [0.25, 0.3) is 0 Å². The van der Waals surface area contributed by atoms with Crippen LogP contribution in [0, 0.1) is 5.92 Å². The summed E-state index contributed by atoms with van der Waals surface area (Å²) in [6.45, 7) is 8.93. The number of carbonyl (C=O) groups excluding carboxylic acids is 1. The van der Waals surface area contributed by atoms with Gasteiger partial charge in [0.05, 0.1) is 13.2 Å². The maximum absolute atomic E-state index is 11.5. The molecule has 0 atom stereocenters. The number of carbonyl (C=O) groups is 1. The van der Waals surface area contributed by atoms with Crippen molar-refractivity contribution in [3.8, 4) is 5.75 Å². The van der Waals surface area contributed by atoms with Gasteiger partial charge in [0.2, 0.25) is 0 Å². The third-order valence-electron chi connectivity index (χ3n) is 4.64. The van der Waals surface area contributed by atoms with Crippen LogP contribution in [0.3, 0.4) is 0 Å². The van der Waals surface area contributed by atoms with E-state index >= 15 is 0 Å². The normalized spacial score (nSPS) is 19.9. The lowest BCUT2D eigenvalue weighted by atomic mass is 10.0. The molecule has 4 heteroatoms. The molecule has 0 N–H and O–H groups in total. The molecule has 1 aliphatic heterocycles. The summed E-state index contributed by atoms with van der Waals surface area (Å²) < 4.78 is 17.0. The molecule has 0 bridgehead atoms. The molecule has 0 unspecified atom stereocenters. The van der Waals surface area contributed by atoms with Crippen LogP contribution in [0.5, 0.6) is 5.75 Å². The molecule has 0 saturated carbocycles. The lowest BCUT2D eigenvalue weighted by molar-refractivity contribution is -0.206. The Morgan fingerprint density at radius 2 is 1.69 bits per heavy atom. The molecule has 1 aliphatic rings. The maximum Gasteiger partial charge on any atom is 0.338 e. The summed E-state index contributed by atoms with van der Waals surface area (Å²) in [6, 6.07) is 7.26. The smallest absolute Gasteiger partial charge is 0.338 e. The number of ether oxygens (including phenoxy) is 3. The third kappa shape index (κ3) is 6.93.